The van der Waals surface area contributed by atoms with Gasteiger partial charge in [-0.25, -0.2) is 0 Å². The Bertz CT molecular complexity index is 858. The first-order valence-corrected chi connectivity index (χ1v) is 9.18. The van der Waals surface area contributed by atoms with Crippen LogP contribution in [0.5, 0.6) is 23.0 Å². The third kappa shape index (κ3) is 3.87. The molecule has 0 aromatic heterocycles. The number of fused-ring (bicyclic) bond motifs is 3. The van der Waals surface area contributed by atoms with Gasteiger partial charge >= 0.3 is 0 Å². The fraction of sp³-hybridized carbons (Fsp3) is 0.409. The van der Waals surface area contributed by atoms with E-state index in [1.807, 2.05) is 26.0 Å². The van der Waals surface area contributed by atoms with Crippen LogP contribution in [0.25, 0.3) is 11.1 Å². The highest BCUT2D eigenvalue weighted by Gasteiger charge is 2.25. The van der Waals surface area contributed by atoms with Crippen LogP contribution in [0.3, 0.4) is 0 Å². The van der Waals surface area contributed by atoms with E-state index in [0.29, 0.717) is 23.0 Å². The normalized spacial score (nSPS) is 11.8. The van der Waals surface area contributed by atoms with Crippen molar-refractivity contribution >= 4 is 0 Å². The topological polar surface area (TPSA) is 54.0 Å². The minimum Gasteiger partial charge on any atom is -0.493 e. The van der Waals surface area contributed by atoms with Gasteiger partial charge in [-0.2, -0.15) is 0 Å². The molecule has 0 saturated heterocycles. The molecule has 146 valence electrons. The number of rotatable bonds is 4. The SMILES string of the molecule is CC.COc1cc2c(c(OC)c1OC)-c1ccc(OC)c(=O)cc1CCC2. The lowest BCUT2D eigenvalue weighted by Crippen LogP contribution is -2.01. The highest BCUT2D eigenvalue weighted by atomic mass is 16.5. The molecule has 0 fully saturated rings. The Kier molecular flexibility index (Phi) is 7.11. The fourth-order valence-electron chi connectivity index (χ4n) is 3.44. The molecule has 0 amide bonds. The summed E-state index contributed by atoms with van der Waals surface area (Å²) < 4.78 is 21.9. The number of ether oxygens (including phenoxy) is 4. The van der Waals surface area contributed by atoms with Crippen LogP contribution in [0, 0.1) is 0 Å². The van der Waals surface area contributed by atoms with Crippen molar-refractivity contribution in [2.24, 2.45) is 0 Å². The summed E-state index contributed by atoms with van der Waals surface area (Å²) in [6.45, 7) is 4.00. The maximum Gasteiger partial charge on any atom is 0.220 e. The maximum absolute atomic E-state index is 12.3. The van der Waals surface area contributed by atoms with Gasteiger partial charge in [0.1, 0.15) is 0 Å². The highest BCUT2D eigenvalue weighted by Crippen LogP contribution is 2.48. The second-order valence-corrected chi connectivity index (χ2v) is 5.88. The van der Waals surface area contributed by atoms with Gasteiger partial charge in [0.25, 0.3) is 0 Å². The quantitative estimate of drug-likeness (QED) is 0.802. The Hall–Kier alpha value is -2.69. The lowest BCUT2D eigenvalue weighted by atomic mass is 9.96. The summed E-state index contributed by atoms with van der Waals surface area (Å²) in [5, 5.41) is 0. The van der Waals surface area contributed by atoms with E-state index in [9.17, 15) is 4.79 Å². The molecule has 0 atom stereocenters. The van der Waals surface area contributed by atoms with Crippen molar-refractivity contribution in [1.29, 1.82) is 0 Å². The molecule has 27 heavy (non-hydrogen) atoms. The zero-order valence-electron chi connectivity index (χ0n) is 17.0. The molecule has 1 aliphatic rings. The number of hydrogen-bond acceptors (Lipinski definition) is 5. The third-order valence-corrected chi connectivity index (χ3v) is 4.59. The molecule has 2 aromatic carbocycles. The molecular formula is C22H28O5. The second-order valence-electron chi connectivity index (χ2n) is 5.88. The van der Waals surface area contributed by atoms with E-state index in [1.165, 1.54) is 7.11 Å². The Morgan fingerprint density at radius 3 is 1.96 bits per heavy atom. The Labute approximate surface area is 160 Å². The molecule has 1 aliphatic carbocycles. The summed E-state index contributed by atoms with van der Waals surface area (Å²) >= 11 is 0. The minimum absolute atomic E-state index is 0.119. The van der Waals surface area contributed by atoms with Crippen LogP contribution in [0.2, 0.25) is 0 Å². The molecule has 0 unspecified atom stereocenters. The molecule has 5 nitrogen and oxygen atoms in total. The second kappa shape index (κ2) is 9.31. The van der Waals surface area contributed by atoms with Gasteiger partial charge in [0.2, 0.25) is 11.2 Å². The largest absolute Gasteiger partial charge is 0.493 e. The first-order chi connectivity index (χ1) is 13.1. The van der Waals surface area contributed by atoms with E-state index >= 15 is 0 Å². The smallest absolute Gasteiger partial charge is 0.220 e. The van der Waals surface area contributed by atoms with Gasteiger partial charge in [-0.05, 0) is 54.2 Å². The molecule has 3 rings (SSSR count). The van der Waals surface area contributed by atoms with Crippen molar-refractivity contribution in [3.63, 3.8) is 0 Å². The number of benzene rings is 1. The molecule has 0 spiro atoms. The molecular weight excluding hydrogens is 344 g/mol. The zero-order valence-corrected chi connectivity index (χ0v) is 17.0. The minimum atomic E-state index is -0.119. The molecule has 0 heterocycles. The first kappa shape index (κ1) is 20.6. The van der Waals surface area contributed by atoms with E-state index in [4.69, 9.17) is 18.9 Å². The number of hydrogen-bond donors (Lipinski definition) is 0. The summed E-state index contributed by atoms with van der Waals surface area (Å²) in [6, 6.07) is 7.30. The molecule has 0 aliphatic heterocycles. The third-order valence-electron chi connectivity index (χ3n) is 4.59. The maximum atomic E-state index is 12.3. The van der Waals surface area contributed by atoms with Crippen LogP contribution in [-0.2, 0) is 12.8 Å². The summed E-state index contributed by atoms with van der Waals surface area (Å²) in [6.07, 6.45) is 2.62. The van der Waals surface area contributed by atoms with Crippen molar-refractivity contribution in [3.05, 3.63) is 45.6 Å². The van der Waals surface area contributed by atoms with Crippen LogP contribution in [-0.4, -0.2) is 28.4 Å². The van der Waals surface area contributed by atoms with Crippen molar-refractivity contribution < 1.29 is 18.9 Å². The van der Waals surface area contributed by atoms with E-state index in [-0.39, 0.29) is 5.43 Å². The highest BCUT2D eigenvalue weighted by molar-refractivity contribution is 5.82. The summed E-state index contributed by atoms with van der Waals surface area (Å²) in [5.74, 6) is 2.15. The van der Waals surface area contributed by atoms with Gasteiger partial charge in [-0.3, -0.25) is 4.79 Å². The summed E-state index contributed by atoms with van der Waals surface area (Å²) in [4.78, 5) is 12.3. The van der Waals surface area contributed by atoms with Crippen molar-refractivity contribution in [1.82, 2.24) is 0 Å². The Morgan fingerprint density at radius 1 is 0.741 bits per heavy atom. The van der Waals surface area contributed by atoms with Crippen molar-refractivity contribution in [2.45, 2.75) is 33.1 Å². The van der Waals surface area contributed by atoms with Gasteiger partial charge in [-0.1, -0.05) is 19.9 Å². The molecule has 0 bridgehead atoms. The average Bonchev–Trinajstić information content (AvgIpc) is 2.96. The van der Waals surface area contributed by atoms with Crippen LogP contribution >= 0.6 is 0 Å². The fourth-order valence-corrected chi connectivity index (χ4v) is 3.44. The predicted molar refractivity (Wildman–Crippen MR) is 108 cm³/mol. The Balaban J connectivity index is 0.00000126. The summed E-state index contributed by atoms with van der Waals surface area (Å²) in [7, 11) is 6.33. The monoisotopic (exact) mass is 372 g/mol. The van der Waals surface area contributed by atoms with Gasteiger partial charge in [0.05, 0.1) is 28.4 Å². The summed E-state index contributed by atoms with van der Waals surface area (Å²) in [5.41, 5.74) is 3.89. The van der Waals surface area contributed by atoms with E-state index < -0.39 is 0 Å². The van der Waals surface area contributed by atoms with Gasteiger partial charge in [0, 0.05) is 5.56 Å². The average molecular weight is 372 g/mol. The van der Waals surface area contributed by atoms with Crippen LogP contribution in [0.4, 0.5) is 0 Å². The zero-order chi connectivity index (χ0) is 20.0. The Morgan fingerprint density at radius 2 is 1.37 bits per heavy atom. The van der Waals surface area contributed by atoms with Crippen molar-refractivity contribution in [2.75, 3.05) is 28.4 Å². The van der Waals surface area contributed by atoms with Gasteiger partial charge in [-0.15, -0.1) is 0 Å². The first-order valence-electron chi connectivity index (χ1n) is 9.18. The number of aryl methyl sites for hydroxylation is 2. The van der Waals surface area contributed by atoms with E-state index in [1.54, 1.807) is 33.5 Å². The molecule has 0 radical (unpaired) electrons. The van der Waals surface area contributed by atoms with Crippen LogP contribution < -0.4 is 24.4 Å². The van der Waals surface area contributed by atoms with Crippen LogP contribution in [0.1, 0.15) is 31.4 Å². The number of methoxy groups -OCH3 is 4. The lowest BCUT2D eigenvalue weighted by molar-refractivity contribution is 0.324. The van der Waals surface area contributed by atoms with Crippen molar-refractivity contribution in [3.8, 4) is 34.1 Å². The van der Waals surface area contributed by atoms with Crippen LogP contribution in [0.15, 0.2) is 29.1 Å². The van der Waals surface area contributed by atoms with E-state index in [2.05, 4.69) is 0 Å². The molecule has 2 aromatic rings. The standard InChI is InChI=1S/C20H22O5.C2H6/c1-22-16-9-8-14-12(10-15(16)21)6-5-7-13-11-17(23-2)19(24-3)20(25-4)18(13)14;1-2/h8-11H,5-7H2,1-4H3;1-2H3. The molecule has 0 N–H and O–H groups in total. The predicted octanol–water partition coefficient (Wildman–Crippen LogP) is 4.26. The van der Waals surface area contributed by atoms with Gasteiger partial charge < -0.3 is 18.9 Å². The van der Waals surface area contributed by atoms with Gasteiger partial charge in [0.15, 0.2) is 17.2 Å². The lowest BCUT2D eigenvalue weighted by Gasteiger charge is -2.19. The van der Waals surface area contributed by atoms with E-state index in [0.717, 1.165) is 41.5 Å². The molecule has 0 saturated carbocycles. The molecule has 5 heteroatoms.